The second kappa shape index (κ2) is 7.23. The maximum Gasteiger partial charge on any atom is 0.125 e. The molecule has 3 nitrogen and oxygen atoms in total. The van der Waals surface area contributed by atoms with Crippen molar-refractivity contribution in [1.29, 1.82) is 0 Å². The zero-order valence-electron chi connectivity index (χ0n) is 13.3. The fourth-order valence-corrected chi connectivity index (χ4v) is 3.41. The molecule has 1 aliphatic heterocycles. The smallest absolute Gasteiger partial charge is 0.125 e. The molecule has 118 valence electrons. The van der Waals surface area contributed by atoms with E-state index in [-0.39, 0.29) is 11.4 Å². The first-order valence-corrected chi connectivity index (χ1v) is 8.03. The molecule has 1 aromatic carbocycles. The van der Waals surface area contributed by atoms with E-state index in [4.69, 9.17) is 5.73 Å². The van der Waals surface area contributed by atoms with Crippen molar-refractivity contribution in [2.24, 2.45) is 5.73 Å². The van der Waals surface area contributed by atoms with Crippen LogP contribution in [0.4, 0.5) is 10.1 Å². The summed E-state index contributed by atoms with van der Waals surface area (Å²) in [7, 11) is 2.05. The van der Waals surface area contributed by atoms with Crippen LogP contribution in [0.1, 0.15) is 32.6 Å². The highest BCUT2D eigenvalue weighted by Crippen LogP contribution is 2.31. The van der Waals surface area contributed by atoms with Crippen LogP contribution in [0, 0.1) is 5.82 Å². The highest BCUT2D eigenvalue weighted by Gasteiger charge is 2.35. The van der Waals surface area contributed by atoms with E-state index < -0.39 is 0 Å². The van der Waals surface area contributed by atoms with Crippen LogP contribution in [-0.2, 0) is 0 Å². The third-order valence-electron chi connectivity index (χ3n) is 4.84. The van der Waals surface area contributed by atoms with Gasteiger partial charge in [-0.1, -0.05) is 13.0 Å². The molecular weight excluding hydrogens is 265 g/mol. The van der Waals surface area contributed by atoms with Gasteiger partial charge in [0, 0.05) is 25.8 Å². The highest BCUT2D eigenvalue weighted by atomic mass is 19.1. The topological polar surface area (TPSA) is 32.5 Å². The SMILES string of the molecule is CCCN1CCCC(CN)(N(C)c2cccc(F)c2)CC1. The van der Waals surface area contributed by atoms with Gasteiger partial charge in [0.25, 0.3) is 0 Å². The molecule has 1 unspecified atom stereocenters. The summed E-state index contributed by atoms with van der Waals surface area (Å²) in [6.45, 7) is 6.21. The standard InChI is InChI=1S/C17H28FN3/c1-3-10-21-11-5-8-17(14-19,9-12-21)20(2)16-7-4-6-15(18)13-16/h4,6-7,13H,3,5,8-12,14,19H2,1-2H3. The maximum atomic E-state index is 13.5. The fourth-order valence-electron chi connectivity index (χ4n) is 3.41. The Kier molecular flexibility index (Phi) is 5.59. The van der Waals surface area contributed by atoms with Crippen molar-refractivity contribution in [3.05, 3.63) is 30.1 Å². The number of anilines is 1. The molecule has 0 spiro atoms. The molecule has 2 N–H and O–H groups in total. The van der Waals surface area contributed by atoms with E-state index in [2.05, 4.69) is 23.8 Å². The van der Waals surface area contributed by atoms with Gasteiger partial charge < -0.3 is 15.5 Å². The van der Waals surface area contributed by atoms with Crippen LogP contribution in [0.15, 0.2) is 24.3 Å². The lowest BCUT2D eigenvalue weighted by Gasteiger charge is -2.42. The summed E-state index contributed by atoms with van der Waals surface area (Å²) in [5, 5.41) is 0. The molecule has 1 atom stereocenters. The molecule has 2 rings (SSSR count). The van der Waals surface area contributed by atoms with Crippen LogP contribution in [0.3, 0.4) is 0 Å². The minimum Gasteiger partial charge on any atom is -0.368 e. The zero-order valence-corrected chi connectivity index (χ0v) is 13.3. The van der Waals surface area contributed by atoms with E-state index in [1.165, 1.54) is 12.5 Å². The molecule has 1 aromatic rings. The maximum absolute atomic E-state index is 13.5. The molecule has 1 aliphatic rings. The third kappa shape index (κ3) is 3.74. The lowest BCUT2D eigenvalue weighted by Crippen LogP contribution is -2.53. The van der Waals surface area contributed by atoms with Gasteiger partial charge in [0.1, 0.15) is 5.82 Å². The van der Waals surface area contributed by atoms with E-state index in [9.17, 15) is 4.39 Å². The van der Waals surface area contributed by atoms with Gasteiger partial charge in [-0.3, -0.25) is 0 Å². The van der Waals surface area contributed by atoms with E-state index in [1.807, 2.05) is 6.07 Å². The summed E-state index contributed by atoms with van der Waals surface area (Å²) in [6.07, 6.45) is 4.44. The summed E-state index contributed by atoms with van der Waals surface area (Å²) in [5.74, 6) is -0.187. The van der Waals surface area contributed by atoms with Crippen molar-refractivity contribution in [3.8, 4) is 0 Å². The van der Waals surface area contributed by atoms with Crippen LogP contribution in [0.5, 0.6) is 0 Å². The summed E-state index contributed by atoms with van der Waals surface area (Å²) < 4.78 is 13.5. The highest BCUT2D eigenvalue weighted by molar-refractivity contribution is 5.48. The van der Waals surface area contributed by atoms with Crippen LogP contribution in [0.25, 0.3) is 0 Å². The fraction of sp³-hybridized carbons (Fsp3) is 0.647. The van der Waals surface area contributed by atoms with Crippen molar-refractivity contribution in [2.45, 2.75) is 38.1 Å². The predicted molar refractivity (Wildman–Crippen MR) is 87.2 cm³/mol. The quantitative estimate of drug-likeness (QED) is 0.906. The van der Waals surface area contributed by atoms with Gasteiger partial charge >= 0.3 is 0 Å². The van der Waals surface area contributed by atoms with Gasteiger partial charge in [-0.05, 0) is 57.0 Å². The first kappa shape index (κ1) is 16.2. The van der Waals surface area contributed by atoms with Crippen LogP contribution in [-0.4, -0.2) is 43.7 Å². The Morgan fingerprint density at radius 3 is 2.81 bits per heavy atom. The Morgan fingerprint density at radius 1 is 1.33 bits per heavy atom. The number of likely N-dealkylation sites (tertiary alicyclic amines) is 1. The van der Waals surface area contributed by atoms with E-state index >= 15 is 0 Å². The molecule has 0 amide bonds. The van der Waals surface area contributed by atoms with Crippen LogP contribution >= 0.6 is 0 Å². The van der Waals surface area contributed by atoms with Gasteiger partial charge in [0.2, 0.25) is 0 Å². The number of nitrogens with zero attached hydrogens (tertiary/aromatic N) is 2. The minimum absolute atomic E-state index is 0.0592. The number of benzene rings is 1. The van der Waals surface area contributed by atoms with Gasteiger partial charge in [-0.25, -0.2) is 4.39 Å². The Balaban J connectivity index is 2.16. The van der Waals surface area contributed by atoms with Crippen molar-refractivity contribution < 1.29 is 4.39 Å². The van der Waals surface area contributed by atoms with Gasteiger partial charge in [0.05, 0.1) is 5.54 Å². The van der Waals surface area contributed by atoms with Crippen LogP contribution in [0.2, 0.25) is 0 Å². The van der Waals surface area contributed by atoms with Crippen molar-refractivity contribution >= 4 is 5.69 Å². The summed E-state index contributed by atoms with van der Waals surface area (Å²) >= 11 is 0. The number of halogens is 1. The Morgan fingerprint density at radius 2 is 2.14 bits per heavy atom. The molecule has 0 saturated carbocycles. The van der Waals surface area contributed by atoms with Crippen LogP contribution < -0.4 is 10.6 Å². The first-order valence-electron chi connectivity index (χ1n) is 8.03. The monoisotopic (exact) mass is 293 g/mol. The lowest BCUT2D eigenvalue weighted by molar-refractivity contribution is 0.275. The predicted octanol–water partition coefficient (Wildman–Crippen LogP) is 2.86. The third-order valence-corrected chi connectivity index (χ3v) is 4.84. The van der Waals surface area contributed by atoms with E-state index in [1.54, 1.807) is 12.1 Å². The number of nitrogens with two attached hydrogens (primary N) is 1. The molecule has 1 saturated heterocycles. The Hall–Kier alpha value is -1.13. The number of hydrogen-bond acceptors (Lipinski definition) is 3. The Labute approximate surface area is 127 Å². The lowest BCUT2D eigenvalue weighted by atomic mass is 9.88. The van der Waals surface area contributed by atoms with E-state index in [0.29, 0.717) is 6.54 Å². The molecule has 0 bridgehead atoms. The first-order chi connectivity index (χ1) is 10.1. The summed E-state index contributed by atoms with van der Waals surface area (Å²) in [5.41, 5.74) is 7.01. The van der Waals surface area contributed by atoms with Gasteiger partial charge in [0.15, 0.2) is 0 Å². The summed E-state index contributed by atoms with van der Waals surface area (Å²) in [6, 6.07) is 6.83. The van der Waals surface area contributed by atoms with Crippen molar-refractivity contribution in [3.63, 3.8) is 0 Å². The average molecular weight is 293 g/mol. The average Bonchev–Trinajstić information content (AvgIpc) is 2.70. The largest absolute Gasteiger partial charge is 0.368 e. The number of hydrogen-bond donors (Lipinski definition) is 1. The van der Waals surface area contributed by atoms with Gasteiger partial charge in [-0.2, -0.15) is 0 Å². The summed E-state index contributed by atoms with van der Waals surface area (Å²) in [4.78, 5) is 4.72. The number of likely N-dealkylation sites (N-methyl/N-ethyl adjacent to an activating group) is 1. The molecule has 0 aromatic heterocycles. The van der Waals surface area contributed by atoms with Gasteiger partial charge in [-0.15, -0.1) is 0 Å². The Bertz CT molecular complexity index is 451. The van der Waals surface area contributed by atoms with Crippen molar-refractivity contribution in [2.75, 3.05) is 38.1 Å². The molecule has 0 aliphatic carbocycles. The zero-order chi connectivity index (χ0) is 15.3. The second-order valence-corrected chi connectivity index (χ2v) is 6.16. The molecular formula is C17H28FN3. The second-order valence-electron chi connectivity index (χ2n) is 6.16. The minimum atomic E-state index is -0.187. The normalized spacial score (nSPS) is 23.8. The molecule has 0 radical (unpaired) electrons. The molecule has 1 fully saturated rings. The van der Waals surface area contributed by atoms with E-state index in [0.717, 1.165) is 44.6 Å². The number of rotatable bonds is 5. The molecule has 4 heteroatoms. The molecule has 1 heterocycles. The van der Waals surface area contributed by atoms with Crippen molar-refractivity contribution in [1.82, 2.24) is 4.90 Å². The molecule has 21 heavy (non-hydrogen) atoms.